The number of carbonyl (C=O) groups is 1. The smallest absolute Gasteiger partial charge is 0.338 e. The molecule has 1 aliphatic rings. The van der Waals surface area contributed by atoms with Gasteiger partial charge in [0.05, 0.1) is 25.3 Å². The van der Waals surface area contributed by atoms with Gasteiger partial charge in [0, 0.05) is 12.8 Å². The summed E-state index contributed by atoms with van der Waals surface area (Å²) < 4.78 is 9.89. The average Bonchev–Trinajstić information content (AvgIpc) is 2.81. The van der Waals surface area contributed by atoms with Gasteiger partial charge in [0.2, 0.25) is 0 Å². The third-order valence-corrected chi connectivity index (χ3v) is 2.46. The van der Waals surface area contributed by atoms with Crippen LogP contribution in [0, 0.1) is 0 Å². The Hall–Kier alpha value is -1.62. The second-order valence-electron chi connectivity index (χ2n) is 3.63. The summed E-state index contributed by atoms with van der Waals surface area (Å²) in [5.74, 6) is 0.325. The second kappa shape index (κ2) is 4.94. The van der Waals surface area contributed by atoms with Crippen molar-refractivity contribution in [2.24, 2.45) is 0 Å². The fraction of sp³-hybridized carbons (Fsp3) is 0.455. The molecule has 0 saturated carbocycles. The maximum atomic E-state index is 11.3. The van der Waals surface area contributed by atoms with Crippen molar-refractivity contribution >= 4 is 11.8 Å². The molecule has 0 aliphatic carbocycles. The molecule has 1 atom stereocenters. The van der Waals surface area contributed by atoms with Gasteiger partial charge in [0.15, 0.2) is 0 Å². The number of nitrogens with one attached hydrogen (secondary N) is 1. The van der Waals surface area contributed by atoms with Crippen LogP contribution < -0.4 is 5.32 Å². The van der Waals surface area contributed by atoms with Crippen molar-refractivity contribution in [3.63, 3.8) is 0 Å². The van der Waals surface area contributed by atoms with Crippen LogP contribution in [0.15, 0.2) is 18.3 Å². The Labute approximate surface area is 93.8 Å². The Morgan fingerprint density at radius 2 is 2.56 bits per heavy atom. The Morgan fingerprint density at radius 1 is 1.69 bits per heavy atom. The molecule has 1 aromatic rings. The number of nitrogens with zero attached hydrogens (tertiary/aromatic N) is 1. The van der Waals surface area contributed by atoms with Crippen LogP contribution in [0.25, 0.3) is 0 Å². The molecule has 5 heteroatoms. The number of ether oxygens (including phenoxy) is 2. The Bertz CT molecular complexity index is 375. The molecule has 0 spiro atoms. The molecule has 86 valence electrons. The molecule has 2 heterocycles. The second-order valence-corrected chi connectivity index (χ2v) is 3.63. The Kier molecular flexibility index (Phi) is 3.36. The molecule has 0 amide bonds. The van der Waals surface area contributed by atoms with Crippen molar-refractivity contribution in [1.29, 1.82) is 0 Å². The monoisotopic (exact) mass is 222 g/mol. The van der Waals surface area contributed by atoms with E-state index in [1.165, 1.54) is 7.11 Å². The highest BCUT2D eigenvalue weighted by atomic mass is 16.5. The molecule has 2 rings (SSSR count). The van der Waals surface area contributed by atoms with E-state index in [1.807, 2.05) is 0 Å². The Balaban J connectivity index is 2.06. The molecule has 1 aromatic heterocycles. The van der Waals surface area contributed by atoms with Crippen LogP contribution in [-0.2, 0) is 9.47 Å². The molecule has 16 heavy (non-hydrogen) atoms. The van der Waals surface area contributed by atoms with Crippen LogP contribution in [0.3, 0.4) is 0 Å². The van der Waals surface area contributed by atoms with Gasteiger partial charge in [-0.2, -0.15) is 0 Å². The first-order chi connectivity index (χ1) is 7.79. The summed E-state index contributed by atoms with van der Waals surface area (Å²) in [6.07, 6.45) is 2.55. The van der Waals surface area contributed by atoms with Crippen LogP contribution in [0.1, 0.15) is 16.8 Å². The van der Waals surface area contributed by atoms with Gasteiger partial charge >= 0.3 is 5.97 Å². The average molecular weight is 222 g/mol. The van der Waals surface area contributed by atoms with Crippen LogP contribution in [-0.4, -0.2) is 37.3 Å². The number of methoxy groups -OCH3 is 1. The first-order valence-corrected chi connectivity index (χ1v) is 5.18. The summed E-state index contributed by atoms with van der Waals surface area (Å²) in [4.78, 5) is 15.4. The van der Waals surface area contributed by atoms with Crippen molar-refractivity contribution in [3.05, 3.63) is 23.9 Å². The normalized spacial score (nSPS) is 19.4. The lowest BCUT2D eigenvalue weighted by molar-refractivity contribution is 0.0600. The first-order valence-electron chi connectivity index (χ1n) is 5.18. The first kappa shape index (κ1) is 10.9. The molecule has 1 saturated heterocycles. The number of hydrogen-bond acceptors (Lipinski definition) is 5. The van der Waals surface area contributed by atoms with Gasteiger partial charge < -0.3 is 14.8 Å². The summed E-state index contributed by atoms with van der Waals surface area (Å²) in [5, 5.41) is 3.22. The highest BCUT2D eigenvalue weighted by Gasteiger charge is 2.16. The van der Waals surface area contributed by atoms with E-state index in [9.17, 15) is 4.79 Å². The number of pyridine rings is 1. The molecule has 0 aromatic carbocycles. The van der Waals surface area contributed by atoms with Crippen molar-refractivity contribution in [1.82, 2.24) is 4.98 Å². The summed E-state index contributed by atoms with van der Waals surface area (Å²) in [6, 6.07) is 3.59. The van der Waals surface area contributed by atoms with Gasteiger partial charge in [-0.1, -0.05) is 0 Å². The van der Waals surface area contributed by atoms with Crippen molar-refractivity contribution in [3.8, 4) is 0 Å². The molecule has 0 radical (unpaired) electrons. The largest absolute Gasteiger partial charge is 0.465 e. The van der Waals surface area contributed by atoms with Gasteiger partial charge in [-0.25, -0.2) is 9.78 Å². The van der Waals surface area contributed by atoms with Gasteiger partial charge in [-0.15, -0.1) is 0 Å². The third-order valence-electron chi connectivity index (χ3n) is 2.46. The van der Waals surface area contributed by atoms with Crippen LogP contribution in [0.4, 0.5) is 5.82 Å². The number of esters is 1. The summed E-state index contributed by atoms with van der Waals surface area (Å²) >= 11 is 0. The summed E-state index contributed by atoms with van der Waals surface area (Å²) in [6.45, 7) is 1.46. The van der Waals surface area contributed by atoms with E-state index in [0.717, 1.165) is 13.0 Å². The number of rotatable bonds is 3. The number of aromatic nitrogens is 1. The van der Waals surface area contributed by atoms with E-state index in [0.29, 0.717) is 18.0 Å². The van der Waals surface area contributed by atoms with Gasteiger partial charge in [-0.05, 0) is 18.6 Å². The third kappa shape index (κ3) is 2.49. The molecule has 0 bridgehead atoms. The van der Waals surface area contributed by atoms with Crippen LogP contribution in [0.5, 0.6) is 0 Å². The van der Waals surface area contributed by atoms with Crippen LogP contribution >= 0.6 is 0 Å². The van der Waals surface area contributed by atoms with E-state index in [-0.39, 0.29) is 12.0 Å². The lowest BCUT2D eigenvalue weighted by atomic mass is 10.2. The lowest BCUT2D eigenvalue weighted by Gasteiger charge is -2.11. The minimum atomic E-state index is -0.354. The van der Waals surface area contributed by atoms with Crippen molar-refractivity contribution in [2.75, 3.05) is 25.6 Å². The van der Waals surface area contributed by atoms with Crippen molar-refractivity contribution < 1.29 is 14.3 Å². The highest BCUT2D eigenvalue weighted by molar-refractivity contribution is 5.89. The van der Waals surface area contributed by atoms with Gasteiger partial charge in [0.1, 0.15) is 5.82 Å². The molecule has 1 aliphatic heterocycles. The lowest BCUT2D eigenvalue weighted by Crippen LogP contribution is -2.19. The van der Waals surface area contributed by atoms with E-state index < -0.39 is 0 Å². The van der Waals surface area contributed by atoms with Crippen LogP contribution in [0.2, 0.25) is 0 Å². The minimum Gasteiger partial charge on any atom is -0.465 e. The van der Waals surface area contributed by atoms with E-state index >= 15 is 0 Å². The molecular weight excluding hydrogens is 208 g/mol. The summed E-state index contributed by atoms with van der Waals surface area (Å²) in [5.41, 5.74) is 0.499. The summed E-state index contributed by atoms with van der Waals surface area (Å²) in [7, 11) is 1.36. The molecule has 1 unspecified atom stereocenters. The maximum Gasteiger partial charge on any atom is 0.338 e. The zero-order valence-electron chi connectivity index (χ0n) is 9.10. The predicted molar refractivity (Wildman–Crippen MR) is 58.4 cm³/mol. The number of hydrogen-bond donors (Lipinski definition) is 1. The standard InChI is InChI=1S/C11H14N2O3/c1-15-11(14)8-2-4-12-10(6-8)13-9-3-5-16-7-9/h2,4,6,9H,3,5,7H2,1H3,(H,12,13). The van der Waals surface area contributed by atoms with E-state index in [2.05, 4.69) is 15.0 Å². The Morgan fingerprint density at radius 3 is 3.25 bits per heavy atom. The predicted octanol–water partition coefficient (Wildman–Crippen LogP) is 1.07. The molecular formula is C11H14N2O3. The topological polar surface area (TPSA) is 60.5 Å². The van der Waals surface area contributed by atoms with Gasteiger partial charge in [0.25, 0.3) is 0 Å². The molecule has 1 fully saturated rings. The molecule has 5 nitrogen and oxygen atoms in total. The number of anilines is 1. The fourth-order valence-corrected chi connectivity index (χ4v) is 1.61. The molecule has 1 N–H and O–H groups in total. The fourth-order valence-electron chi connectivity index (χ4n) is 1.61. The van der Waals surface area contributed by atoms with Crippen molar-refractivity contribution in [2.45, 2.75) is 12.5 Å². The van der Waals surface area contributed by atoms with E-state index in [4.69, 9.17) is 4.74 Å². The zero-order valence-corrected chi connectivity index (χ0v) is 9.10. The minimum absolute atomic E-state index is 0.278. The van der Waals surface area contributed by atoms with E-state index in [1.54, 1.807) is 18.3 Å². The quantitative estimate of drug-likeness (QED) is 0.775. The maximum absolute atomic E-state index is 11.3. The zero-order chi connectivity index (χ0) is 11.4. The number of carbonyl (C=O) groups excluding carboxylic acids is 1. The SMILES string of the molecule is COC(=O)c1ccnc(NC2CCOC2)c1. The highest BCUT2D eigenvalue weighted by Crippen LogP contribution is 2.13. The van der Waals surface area contributed by atoms with Gasteiger partial charge in [-0.3, -0.25) is 0 Å².